The van der Waals surface area contributed by atoms with E-state index in [4.69, 9.17) is 28.6 Å². The summed E-state index contributed by atoms with van der Waals surface area (Å²) in [4.78, 5) is 52.7. The summed E-state index contributed by atoms with van der Waals surface area (Å²) in [6.45, 7) is 0.862. The summed E-state index contributed by atoms with van der Waals surface area (Å²) in [5, 5.41) is 7.42. The van der Waals surface area contributed by atoms with Crippen LogP contribution in [-0.4, -0.2) is 86.5 Å². The number of ether oxygens (including phenoxy) is 1. The number of hydrogen-bond acceptors (Lipinski definition) is 15. The van der Waals surface area contributed by atoms with E-state index in [1.807, 2.05) is 0 Å². The molecule has 2 unspecified atom stereocenters. The van der Waals surface area contributed by atoms with Gasteiger partial charge in [-0.05, 0) is 12.8 Å². The summed E-state index contributed by atoms with van der Waals surface area (Å²) in [7, 11) is -9.41. The predicted octanol–water partition coefficient (Wildman–Crippen LogP) is 0.582. The third-order valence-electron chi connectivity index (χ3n) is 7.96. The van der Waals surface area contributed by atoms with E-state index in [2.05, 4.69) is 35.3 Å². The first-order valence-electron chi connectivity index (χ1n) is 13.6. The number of phosphoric acid groups is 2. The highest BCUT2D eigenvalue weighted by Gasteiger charge is 2.50. The number of aromatic nitrogens is 8. The van der Waals surface area contributed by atoms with Gasteiger partial charge in [-0.15, -0.1) is 0 Å². The van der Waals surface area contributed by atoms with Crippen molar-refractivity contribution in [1.29, 1.82) is 0 Å². The van der Waals surface area contributed by atoms with Crippen molar-refractivity contribution < 1.29 is 41.7 Å². The standard InChI is InChI=1S/C22H28N10O10P2/c1-10-14-7-39-43(34,35)41-13-5-12(28-22-25-8-24-15-2-3-27-32(15)22)4-11(13)6-38-44(36,37)42-17(10)20(40-14)31-9-26-16-18(31)29-21(23)30-19(16)33/h2-3,8-14,17,20H,4-7H2,1H3,(H,34,35)(H,36,37)(H,24,25,28)(H3,23,29,30,33)/t10-,11-,12-,13+,14-,17-,20-/m1/s1. The number of nitrogens with zero attached hydrogens (tertiary/aromatic N) is 7. The summed E-state index contributed by atoms with van der Waals surface area (Å²) >= 11 is 0. The van der Waals surface area contributed by atoms with Crippen LogP contribution < -0.4 is 16.6 Å². The molecule has 2 aliphatic heterocycles. The van der Waals surface area contributed by atoms with Crippen molar-refractivity contribution in [3.8, 4) is 0 Å². The number of imidazole rings is 1. The van der Waals surface area contributed by atoms with Gasteiger partial charge in [0.25, 0.3) is 5.56 Å². The number of nitrogens with two attached hydrogens (primary N) is 1. The molecule has 0 aromatic carbocycles. The summed E-state index contributed by atoms with van der Waals surface area (Å²) in [6.07, 6.45) is 0.576. The van der Waals surface area contributed by atoms with E-state index < -0.39 is 64.2 Å². The lowest BCUT2D eigenvalue weighted by Crippen LogP contribution is -2.28. The topological polar surface area (TPSA) is 265 Å². The van der Waals surface area contributed by atoms with E-state index >= 15 is 0 Å². The van der Waals surface area contributed by atoms with Gasteiger partial charge in [0.1, 0.15) is 12.4 Å². The van der Waals surface area contributed by atoms with Gasteiger partial charge in [-0.2, -0.15) is 14.6 Å². The molecular formula is C22H28N10O10P2. The van der Waals surface area contributed by atoms with Crippen molar-refractivity contribution in [3.05, 3.63) is 35.3 Å². The zero-order valence-electron chi connectivity index (χ0n) is 22.9. The SMILES string of the molecule is C[C@H]1[C@H]2OP(=O)(O)OC[C@H]3C[C@@H](Nc4ncnc5ccnn45)C[C@@H]3OP(=O)(O)OC[C@H]1O[C@H]2n1cnc2c(=O)[nH]c(N)nc21. The van der Waals surface area contributed by atoms with Crippen LogP contribution in [0.15, 0.2) is 29.7 Å². The zero-order chi connectivity index (χ0) is 30.8. The number of fused-ring (bicyclic) bond motifs is 5. The molecule has 0 radical (unpaired) electrons. The van der Waals surface area contributed by atoms with Crippen LogP contribution in [0.25, 0.3) is 16.8 Å². The van der Waals surface area contributed by atoms with E-state index in [0.717, 1.165) is 0 Å². The lowest BCUT2D eigenvalue weighted by molar-refractivity contribution is -0.0547. The third-order valence-corrected chi connectivity index (χ3v) is 9.96. The number of H-pyrrole nitrogens is 1. The van der Waals surface area contributed by atoms with Crippen molar-refractivity contribution in [2.45, 2.75) is 50.3 Å². The fourth-order valence-corrected chi connectivity index (χ4v) is 7.87. The van der Waals surface area contributed by atoms with E-state index in [1.165, 1.54) is 21.7 Å². The molecule has 44 heavy (non-hydrogen) atoms. The van der Waals surface area contributed by atoms with Crippen LogP contribution in [0.2, 0.25) is 0 Å². The number of phosphoric ester groups is 2. The van der Waals surface area contributed by atoms with Crippen LogP contribution in [0.5, 0.6) is 0 Å². The lowest BCUT2D eigenvalue weighted by Gasteiger charge is -2.26. The Labute approximate surface area is 247 Å². The normalized spacial score (nSPS) is 36.5. The Balaban J connectivity index is 1.15. The Bertz CT molecular complexity index is 1870. The van der Waals surface area contributed by atoms with Crippen molar-refractivity contribution in [2.24, 2.45) is 11.8 Å². The summed E-state index contributed by atoms with van der Waals surface area (Å²) in [5.74, 6) is -1.09. The van der Waals surface area contributed by atoms with E-state index in [0.29, 0.717) is 18.0 Å². The minimum Gasteiger partial charge on any atom is -0.369 e. The van der Waals surface area contributed by atoms with Crippen molar-refractivity contribution in [1.82, 2.24) is 39.1 Å². The molecule has 0 spiro atoms. The van der Waals surface area contributed by atoms with Crippen molar-refractivity contribution in [3.63, 3.8) is 0 Å². The van der Waals surface area contributed by atoms with Crippen LogP contribution in [0, 0.1) is 11.8 Å². The molecule has 22 heteroatoms. The molecule has 2 bridgehead atoms. The maximum absolute atomic E-state index is 13.3. The fraction of sp³-hybridized carbons (Fsp3) is 0.545. The molecule has 1 saturated carbocycles. The van der Waals surface area contributed by atoms with Crippen molar-refractivity contribution >= 4 is 44.4 Å². The second-order valence-corrected chi connectivity index (χ2v) is 13.6. The molecular weight excluding hydrogens is 626 g/mol. The molecule has 3 fully saturated rings. The van der Waals surface area contributed by atoms with E-state index in [-0.39, 0.29) is 36.2 Å². The second-order valence-electron chi connectivity index (χ2n) is 10.8. The maximum Gasteiger partial charge on any atom is 0.472 e. The quantitative estimate of drug-likeness (QED) is 0.189. The average molecular weight is 654 g/mol. The monoisotopic (exact) mass is 654 g/mol. The van der Waals surface area contributed by atoms with E-state index in [1.54, 1.807) is 19.2 Å². The van der Waals surface area contributed by atoms with Gasteiger partial charge in [-0.3, -0.25) is 32.4 Å². The lowest BCUT2D eigenvalue weighted by atomic mass is 10.0. The number of nitrogen functional groups attached to an aromatic ring is 1. The maximum atomic E-state index is 13.3. The summed E-state index contributed by atoms with van der Waals surface area (Å²) in [5.41, 5.74) is 5.67. The number of hydrogen-bond donors (Lipinski definition) is 5. The minimum absolute atomic E-state index is 0.0352. The van der Waals surface area contributed by atoms with Crippen LogP contribution in [0.4, 0.5) is 11.9 Å². The first kappa shape index (κ1) is 29.4. The van der Waals surface area contributed by atoms with E-state index in [9.17, 15) is 23.7 Å². The molecule has 4 aromatic rings. The fourth-order valence-electron chi connectivity index (χ4n) is 5.83. The van der Waals surface area contributed by atoms with Gasteiger partial charge < -0.3 is 25.6 Å². The molecule has 0 amide bonds. The molecule has 6 N–H and O–H groups in total. The highest BCUT2D eigenvalue weighted by Crippen LogP contribution is 2.54. The van der Waals surface area contributed by atoms with Crippen LogP contribution in [0.3, 0.4) is 0 Å². The first-order chi connectivity index (χ1) is 21.0. The van der Waals surface area contributed by atoms with Gasteiger partial charge in [0.05, 0.1) is 37.9 Å². The first-order valence-corrected chi connectivity index (χ1v) is 16.6. The molecule has 20 nitrogen and oxygen atoms in total. The van der Waals surface area contributed by atoms with Crippen LogP contribution in [-0.2, 0) is 32.0 Å². The van der Waals surface area contributed by atoms with Gasteiger partial charge in [-0.25, -0.2) is 24.1 Å². The van der Waals surface area contributed by atoms with Gasteiger partial charge in [0.15, 0.2) is 23.0 Å². The molecule has 7 rings (SSSR count). The van der Waals surface area contributed by atoms with Gasteiger partial charge >= 0.3 is 15.6 Å². The summed E-state index contributed by atoms with van der Waals surface area (Å²) < 4.78 is 57.3. The molecule has 236 valence electrons. The Morgan fingerprint density at radius 3 is 2.73 bits per heavy atom. The number of nitrogens with one attached hydrogen (secondary N) is 2. The molecule has 6 heterocycles. The molecule has 4 aromatic heterocycles. The molecule has 1 aliphatic carbocycles. The Hall–Kier alpha value is -3.32. The number of aromatic amines is 1. The van der Waals surface area contributed by atoms with Crippen molar-refractivity contribution in [2.75, 3.05) is 24.3 Å². The largest absolute Gasteiger partial charge is 0.472 e. The smallest absolute Gasteiger partial charge is 0.369 e. The van der Waals surface area contributed by atoms with Gasteiger partial charge in [0.2, 0.25) is 11.9 Å². The predicted molar refractivity (Wildman–Crippen MR) is 148 cm³/mol. The number of rotatable bonds is 3. The minimum atomic E-state index is -4.76. The van der Waals surface area contributed by atoms with Gasteiger partial charge in [-0.1, -0.05) is 6.92 Å². The highest BCUT2D eigenvalue weighted by atomic mass is 31.2. The molecule has 2 saturated heterocycles. The zero-order valence-corrected chi connectivity index (χ0v) is 24.7. The number of anilines is 2. The second kappa shape index (κ2) is 10.9. The Morgan fingerprint density at radius 2 is 1.89 bits per heavy atom. The molecule has 9 atom stereocenters. The average Bonchev–Trinajstić information content (AvgIpc) is 3.73. The van der Waals surface area contributed by atoms with Crippen LogP contribution in [0.1, 0.15) is 26.0 Å². The summed E-state index contributed by atoms with van der Waals surface area (Å²) in [6, 6.07) is 1.36. The van der Waals surface area contributed by atoms with Crippen LogP contribution >= 0.6 is 15.6 Å². The Kier molecular flexibility index (Phi) is 7.31. The highest BCUT2D eigenvalue weighted by molar-refractivity contribution is 7.47. The van der Waals surface area contributed by atoms with Gasteiger partial charge in [0, 0.05) is 23.9 Å². The Morgan fingerprint density at radius 1 is 1.09 bits per heavy atom. The molecule has 3 aliphatic rings. The third kappa shape index (κ3) is 5.53.